The molecule has 1 N–H and O–H groups in total. The quantitative estimate of drug-likeness (QED) is 0.804. The van der Waals surface area contributed by atoms with Crippen LogP contribution in [0, 0.1) is 5.92 Å². The highest BCUT2D eigenvalue weighted by Crippen LogP contribution is 2.29. The summed E-state index contributed by atoms with van der Waals surface area (Å²) in [5, 5.41) is 3.48. The van der Waals surface area contributed by atoms with E-state index < -0.39 is 0 Å². The maximum Gasteiger partial charge on any atom is 0.339 e. The van der Waals surface area contributed by atoms with Crippen LogP contribution >= 0.6 is 0 Å². The second kappa shape index (κ2) is 8.01. The number of rotatable bonds is 6. The summed E-state index contributed by atoms with van der Waals surface area (Å²) in [6, 6.07) is 4.15. The first-order chi connectivity index (χ1) is 10.2. The standard InChI is InChI=1S/C17H26N2O2/c1-3-5-13-6-9-15(10-7-13)19-16-11-8-14(12-18-16)17(20)21-4-2/h8,11-13,15H,3-7,9-10H2,1-2H3,(H,18,19). The maximum atomic E-state index is 11.6. The predicted molar refractivity (Wildman–Crippen MR) is 84.5 cm³/mol. The molecule has 1 aliphatic carbocycles. The molecule has 0 spiro atoms. The summed E-state index contributed by atoms with van der Waals surface area (Å²) in [4.78, 5) is 15.9. The average molecular weight is 290 g/mol. The first-order valence-corrected chi connectivity index (χ1v) is 8.12. The van der Waals surface area contributed by atoms with Gasteiger partial charge in [0, 0.05) is 12.2 Å². The van der Waals surface area contributed by atoms with Crippen LogP contribution in [0.25, 0.3) is 0 Å². The van der Waals surface area contributed by atoms with Crippen molar-refractivity contribution in [2.75, 3.05) is 11.9 Å². The van der Waals surface area contributed by atoms with Gasteiger partial charge in [0.05, 0.1) is 12.2 Å². The van der Waals surface area contributed by atoms with E-state index in [2.05, 4.69) is 17.2 Å². The molecule has 4 nitrogen and oxygen atoms in total. The van der Waals surface area contributed by atoms with Gasteiger partial charge in [-0.05, 0) is 50.7 Å². The number of pyridine rings is 1. The molecule has 0 aliphatic heterocycles. The normalized spacial score (nSPS) is 21.8. The smallest absolute Gasteiger partial charge is 0.339 e. The first-order valence-electron chi connectivity index (χ1n) is 8.12. The Hall–Kier alpha value is -1.58. The first kappa shape index (κ1) is 15.8. The van der Waals surface area contributed by atoms with Crippen LogP contribution in [0.2, 0.25) is 0 Å². The number of aromatic nitrogens is 1. The predicted octanol–water partition coefficient (Wildman–Crippen LogP) is 4.03. The van der Waals surface area contributed by atoms with Gasteiger partial charge in [-0.25, -0.2) is 9.78 Å². The number of hydrogen-bond donors (Lipinski definition) is 1. The fourth-order valence-electron chi connectivity index (χ4n) is 3.03. The van der Waals surface area contributed by atoms with Crippen molar-refractivity contribution in [3.63, 3.8) is 0 Å². The summed E-state index contributed by atoms with van der Waals surface area (Å²) in [6.07, 6.45) is 9.29. The van der Waals surface area contributed by atoms with Crippen molar-refractivity contribution >= 4 is 11.8 Å². The van der Waals surface area contributed by atoms with Crippen molar-refractivity contribution in [3.05, 3.63) is 23.9 Å². The summed E-state index contributed by atoms with van der Waals surface area (Å²) in [7, 11) is 0. The van der Waals surface area contributed by atoms with Crippen LogP contribution in [0.15, 0.2) is 18.3 Å². The highest BCUT2D eigenvalue weighted by Gasteiger charge is 2.20. The molecule has 0 unspecified atom stereocenters. The number of esters is 1. The minimum absolute atomic E-state index is 0.309. The number of ether oxygens (including phenoxy) is 1. The molecule has 1 aliphatic rings. The van der Waals surface area contributed by atoms with Crippen LogP contribution in [0.1, 0.15) is 62.7 Å². The largest absolute Gasteiger partial charge is 0.462 e. The van der Waals surface area contributed by atoms with Crippen LogP contribution in [-0.4, -0.2) is 23.6 Å². The lowest BCUT2D eigenvalue weighted by atomic mass is 9.83. The molecule has 0 aromatic carbocycles. The number of nitrogens with one attached hydrogen (secondary N) is 1. The van der Waals surface area contributed by atoms with Crippen molar-refractivity contribution in [3.8, 4) is 0 Å². The van der Waals surface area contributed by atoms with E-state index in [9.17, 15) is 4.79 Å². The molecule has 1 aromatic heterocycles. The number of carbonyl (C=O) groups excluding carboxylic acids is 1. The summed E-state index contributed by atoms with van der Waals surface area (Å²) >= 11 is 0. The van der Waals surface area contributed by atoms with Gasteiger partial charge in [-0.3, -0.25) is 0 Å². The summed E-state index contributed by atoms with van der Waals surface area (Å²) in [5.74, 6) is 1.45. The third kappa shape index (κ3) is 4.73. The van der Waals surface area contributed by atoms with Crippen LogP contribution in [0.5, 0.6) is 0 Å². The molecule has 1 aromatic rings. The second-order valence-corrected chi connectivity index (χ2v) is 5.80. The third-order valence-electron chi connectivity index (χ3n) is 4.17. The molecule has 1 heterocycles. The zero-order valence-corrected chi connectivity index (χ0v) is 13.1. The minimum Gasteiger partial charge on any atom is -0.462 e. The zero-order valence-electron chi connectivity index (χ0n) is 13.1. The molecule has 0 atom stereocenters. The molecule has 0 bridgehead atoms. The molecule has 0 saturated heterocycles. The van der Waals surface area contributed by atoms with E-state index in [-0.39, 0.29) is 5.97 Å². The Morgan fingerprint density at radius 3 is 2.62 bits per heavy atom. The Kier molecular flexibility index (Phi) is 6.03. The molecular formula is C17H26N2O2. The molecule has 1 fully saturated rings. The van der Waals surface area contributed by atoms with Gasteiger partial charge in [-0.2, -0.15) is 0 Å². The molecule has 4 heteroatoms. The van der Waals surface area contributed by atoms with Crippen LogP contribution in [0.3, 0.4) is 0 Å². The topological polar surface area (TPSA) is 51.2 Å². The lowest BCUT2D eigenvalue weighted by molar-refractivity contribution is 0.0526. The molecule has 116 valence electrons. The van der Waals surface area contributed by atoms with Crippen molar-refractivity contribution < 1.29 is 9.53 Å². The van der Waals surface area contributed by atoms with Gasteiger partial charge in [-0.1, -0.05) is 19.8 Å². The third-order valence-corrected chi connectivity index (χ3v) is 4.17. The molecule has 2 rings (SSSR count). The van der Waals surface area contributed by atoms with E-state index in [0.29, 0.717) is 18.2 Å². The van der Waals surface area contributed by atoms with E-state index >= 15 is 0 Å². The zero-order chi connectivity index (χ0) is 15.1. The number of hydrogen-bond acceptors (Lipinski definition) is 4. The van der Waals surface area contributed by atoms with Gasteiger partial charge in [0.1, 0.15) is 5.82 Å². The van der Waals surface area contributed by atoms with Crippen LogP contribution in [0.4, 0.5) is 5.82 Å². The summed E-state index contributed by atoms with van der Waals surface area (Å²) in [5.41, 5.74) is 0.508. The number of nitrogens with zero attached hydrogens (tertiary/aromatic N) is 1. The Balaban J connectivity index is 1.82. The second-order valence-electron chi connectivity index (χ2n) is 5.80. The fraction of sp³-hybridized carbons (Fsp3) is 0.647. The van der Waals surface area contributed by atoms with Crippen molar-refractivity contribution in [2.24, 2.45) is 5.92 Å². The van der Waals surface area contributed by atoms with E-state index in [1.54, 1.807) is 19.2 Å². The Morgan fingerprint density at radius 2 is 2.05 bits per heavy atom. The van der Waals surface area contributed by atoms with Crippen molar-refractivity contribution in [1.29, 1.82) is 0 Å². The minimum atomic E-state index is -0.309. The van der Waals surface area contributed by atoms with E-state index in [1.165, 1.54) is 38.5 Å². The van der Waals surface area contributed by atoms with Crippen LogP contribution in [-0.2, 0) is 4.74 Å². The highest BCUT2D eigenvalue weighted by molar-refractivity contribution is 5.89. The molecule has 21 heavy (non-hydrogen) atoms. The summed E-state index contributed by atoms with van der Waals surface area (Å²) < 4.78 is 4.95. The average Bonchev–Trinajstić information content (AvgIpc) is 2.50. The fourth-order valence-corrected chi connectivity index (χ4v) is 3.03. The van der Waals surface area contributed by atoms with Gasteiger partial charge < -0.3 is 10.1 Å². The molecule has 0 amide bonds. The Bertz CT molecular complexity index is 437. The van der Waals surface area contributed by atoms with Gasteiger partial charge in [0.2, 0.25) is 0 Å². The van der Waals surface area contributed by atoms with E-state index in [1.807, 2.05) is 6.07 Å². The van der Waals surface area contributed by atoms with Crippen molar-refractivity contribution in [1.82, 2.24) is 4.98 Å². The molecule has 0 radical (unpaired) electrons. The number of anilines is 1. The van der Waals surface area contributed by atoms with Gasteiger partial charge >= 0.3 is 5.97 Å². The van der Waals surface area contributed by atoms with Crippen LogP contribution < -0.4 is 5.32 Å². The summed E-state index contributed by atoms with van der Waals surface area (Å²) in [6.45, 7) is 4.45. The Labute approximate surface area is 127 Å². The van der Waals surface area contributed by atoms with Gasteiger partial charge in [0.15, 0.2) is 0 Å². The van der Waals surface area contributed by atoms with Crippen molar-refractivity contribution in [2.45, 2.75) is 58.4 Å². The van der Waals surface area contributed by atoms with E-state index in [0.717, 1.165) is 11.7 Å². The monoisotopic (exact) mass is 290 g/mol. The highest BCUT2D eigenvalue weighted by atomic mass is 16.5. The van der Waals surface area contributed by atoms with Gasteiger partial charge in [0.25, 0.3) is 0 Å². The maximum absolute atomic E-state index is 11.6. The van der Waals surface area contributed by atoms with E-state index in [4.69, 9.17) is 4.74 Å². The lowest BCUT2D eigenvalue weighted by Crippen LogP contribution is -2.26. The number of carbonyl (C=O) groups is 1. The van der Waals surface area contributed by atoms with Gasteiger partial charge in [-0.15, -0.1) is 0 Å². The lowest BCUT2D eigenvalue weighted by Gasteiger charge is -2.29. The SMILES string of the molecule is CCCC1CCC(Nc2ccc(C(=O)OCC)cn2)CC1. The molecular weight excluding hydrogens is 264 g/mol. The molecule has 1 saturated carbocycles. The Morgan fingerprint density at radius 1 is 1.29 bits per heavy atom.